The van der Waals surface area contributed by atoms with Crippen molar-refractivity contribution in [2.24, 2.45) is 0 Å². The lowest BCUT2D eigenvalue weighted by Crippen LogP contribution is -2.05. The van der Waals surface area contributed by atoms with Gasteiger partial charge in [0.2, 0.25) is 0 Å². The van der Waals surface area contributed by atoms with E-state index in [2.05, 4.69) is 5.32 Å². The molecular weight excluding hydrogens is 88.1 g/mol. The van der Waals surface area contributed by atoms with Gasteiger partial charge in [-0.05, 0) is 0 Å². The maximum absolute atomic E-state index is 3.82. The summed E-state index contributed by atoms with van der Waals surface area (Å²) in [6, 6.07) is 0. The Labute approximate surface area is 43.1 Å². The summed E-state index contributed by atoms with van der Waals surface area (Å²) in [6.45, 7) is 0. The van der Waals surface area contributed by atoms with E-state index in [1.807, 2.05) is 24.3 Å². The third-order valence-electron chi connectivity index (χ3n) is 0.776. The molecule has 0 bridgehead atoms. The third-order valence-corrected chi connectivity index (χ3v) is 0.776. The molecule has 0 unspecified atom stereocenters. The maximum atomic E-state index is 3.82. The normalized spacial score (nSPS) is 17.0. The zero-order valence-electron chi connectivity index (χ0n) is 4.20. The Kier molecular flexibility index (Phi) is 1.02. The quantitative estimate of drug-likeness (QED) is 0.427. The molecule has 0 amide bonds. The molecular formula is C5H7N2. The molecule has 0 saturated carbocycles. The summed E-state index contributed by atoms with van der Waals surface area (Å²) in [4.78, 5) is 1.94. The van der Waals surface area contributed by atoms with Gasteiger partial charge in [0, 0.05) is 31.8 Å². The first-order valence-electron chi connectivity index (χ1n) is 2.15. The van der Waals surface area contributed by atoms with Crippen LogP contribution in [0, 0.1) is 0 Å². The van der Waals surface area contributed by atoms with Crippen LogP contribution in [0.3, 0.4) is 0 Å². The molecule has 0 aromatic rings. The monoisotopic (exact) mass is 95.1 g/mol. The van der Waals surface area contributed by atoms with Gasteiger partial charge in [-0.25, -0.2) is 0 Å². The van der Waals surface area contributed by atoms with Crippen LogP contribution in [0.15, 0.2) is 24.8 Å². The Bertz CT molecular complexity index is 92.6. The van der Waals surface area contributed by atoms with E-state index >= 15 is 0 Å². The maximum Gasteiger partial charge on any atom is 0.0430 e. The van der Waals surface area contributed by atoms with Crippen molar-refractivity contribution < 1.29 is 0 Å². The lowest BCUT2D eigenvalue weighted by Gasteiger charge is -2.08. The first-order valence-corrected chi connectivity index (χ1v) is 2.15. The first-order chi connectivity index (χ1) is 3.39. The largest absolute Gasteiger partial charge is 0.354 e. The summed E-state index contributed by atoms with van der Waals surface area (Å²) in [7, 11) is 1.96. The van der Waals surface area contributed by atoms with Crippen molar-refractivity contribution in [3.63, 3.8) is 0 Å². The number of hydrogen-bond acceptors (Lipinski definition) is 1. The van der Waals surface area contributed by atoms with Crippen molar-refractivity contribution in [2.45, 2.75) is 0 Å². The smallest absolute Gasteiger partial charge is 0.0430 e. The van der Waals surface area contributed by atoms with Gasteiger partial charge < -0.3 is 4.90 Å². The second-order valence-electron chi connectivity index (χ2n) is 1.41. The Balaban J connectivity index is 2.49. The molecule has 0 atom stereocenters. The zero-order chi connectivity index (χ0) is 5.11. The van der Waals surface area contributed by atoms with Crippen molar-refractivity contribution in [3.05, 3.63) is 24.8 Å². The van der Waals surface area contributed by atoms with Crippen molar-refractivity contribution in [1.82, 2.24) is 10.2 Å². The highest BCUT2D eigenvalue weighted by atomic mass is 15.1. The summed E-state index contributed by atoms with van der Waals surface area (Å²) >= 11 is 0. The fraction of sp³-hybridized carbons (Fsp3) is 0.200. The van der Waals surface area contributed by atoms with Crippen molar-refractivity contribution in [2.75, 3.05) is 7.05 Å². The SMILES string of the molecule is CN1C=C[N]C=C1. The number of hydrogen-bond donors (Lipinski definition) is 0. The Morgan fingerprint density at radius 1 is 1.29 bits per heavy atom. The molecule has 0 spiro atoms. The van der Waals surface area contributed by atoms with Gasteiger partial charge in [0.15, 0.2) is 0 Å². The zero-order valence-corrected chi connectivity index (χ0v) is 4.20. The van der Waals surface area contributed by atoms with Crippen LogP contribution in [-0.2, 0) is 0 Å². The Morgan fingerprint density at radius 3 is 2.14 bits per heavy atom. The summed E-state index contributed by atoms with van der Waals surface area (Å²) in [6.07, 6.45) is 7.28. The van der Waals surface area contributed by atoms with Gasteiger partial charge in [-0.1, -0.05) is 0 Å². The molecule has 1 rings (SSSR count). The van der Waals surface area contributed by atoms with E-state index in [9.17, 15) is 0 Å². The second-order valence-corrected chi connectivity index (χ2v) is 1.41. The highest BCUT2D eigenvalue weighted by molar-refractivity contribution is 4.96. The van der Waals surface area contributed by atoms with Crippen molar-refractivity contribution in [1.29, 1.82) is 0 Å². The van der Waals surface area contributed by atoms with E-state index in [4.69, 9.17) is 0 Å². The molecule has 1 heterocycles. The van der Waals surface area contributed by atoms with Gasteiger partial charge in [-0.3, -0.25) is 5.32 Å². The topological polar surface area (TPSA) is 17.3 Å². The minimum absolute atomic E-state index is 1.75. The van der Waals surface area contributed by atoms with E-state index in [-0.39, 0.29) is 0 Å². The first kappa shape index (κ1) is 4.24. The third kappa shape index (κ3) is 0.961. The molecule has 0 aliphatic carbocycles. The molecule has 0 saturated heterocycles. The number of nitrogens with zero attached hydrogens (tertiary/aromatic N) is 2. The lowest BCUT2D eigenvalue weighted by molar-refractivity contribution is 0.604. The molecule has 2 heteroatoms. The molecule has 0 aromatic carbocycles. The van der Waals surface area contributed by atoms with Crippen LogP contribution in [0.5, 0.6) is 0 Å². The minimum atomic E-state index is 1.75. The standard InChI is InChI=1S/C5H7N2/c1-7-4-2-6-3-5-7/h2-5H,1H3. The summed E-state index contributed by atoms with van der Waals surface area (Å²) in [5, 5.41) is 3.82. The molecule has 0 N–H and O–H groups in total. The molecule has 1 radical (unpaired) electrons. The van der Waals surface area contributed by atoms with E-state index in [0.717, 1.165) is 0 Å². The van der Waals surface area contributed by atoms with Gasteiger partial charge >= 0.3 is 0 Å². The summed E-state index contributed by atoms with van der Waals surface area (Å²) < 4.78 is 0. The Hall–Kier alpha value is -0.920. The van der Waals surface area contributed by atoms with Crippen LogP contribution >= 0.6 is 0 Å². The predicted molar refractivity (Wildman–Crippen MR) is 28.2 cm³/mol. The molecule has 1 aliphatic heterocycles. The van der Waals surface area contributed by atoms with Gasteiger partial charge in [-0.15, -0.1) is 0 Å². The fourth-order valence-electron chi connectivity index (χ4n) is 0.387. The van der Waals surface area contributed by atoms with Crippen LogP contribution < -0.4 is 5.32 Å². The molecule has 2 nitrogen and oxygen atoms in total. The summed E-state index contributed by atoms with van der Waals surface area (Å²) in [5.41, 5.74) is 0. The van der Waals surface area contributed by atoms with Crippen molar-refractivity contribution in [3.8, 4) is 0 Å². The van der Waals surface area contributed by atoms with Gasteiger partial charge in [0.25, 0.3) is 0 Å². The van der Waals surface area contributed by atoms with Crippen LogP contribution in [0.25, 0.3) is 0 Å². The van der Waals surface area contributed by atoms with Crippen LogP contribution in [0.1, 0.15) is 0 Å². The average molecular weight is 95.1 g/mol. The Morgan fingerprint density at radius 2 is 1.86 bits per heavy atom. The predicted octanol–water partition coefficient (Wildman–Crippen LogP) is 0.479. The second kappa shape index (κ2) is 1.69. The molecule has 37 valence electrons. The van der Waals surface area contributed by atoms with Crippen LogP contribution in [0.4, 0.5) is 0 Å². The van der Waals surface area contributed by atoms with Gasteiger partial charge in [-0.2, -0.15) is 0 Å². The van der Waals surface area contributed by atoms with E-state index in [1.165, 1.54) is 0 Å². The molecule has 1 aliphatic rings. The minimum Gasteiger partial charge on any atom is -0.354 e. The highest BCUT2D eigenvalue weighted by Crippen LogP contribution is 1.89. The van der Waals surface area contributed by atoms with Gasteiger partial charge in [0.05, 0.1) is 0 Å². The highest BCUT2D eigenvalue weighted by Gasteiger charge is 1.84. The fourth-order valence-corrected chi connectivity index (χ4v) is 0.387. The average Bonchev–Trinajstić information content (AvgIpc) is 1.69. The lowest BCUT2D eigenvalue weighted by atomic mass is 10.6. The summed E-state index contributed by atoms with van der Waals surface area (Å²) in [5.74, 6) is 0. The van der Waals surface area contributed by atoms with Crippen LogP contribution in [-0.4, -0.2) is 11.9 Å². The molecule has 0 aromatic heterocycles. The van der Waals surface area contributed by atoms with E-state index in [0.29, 0.717) is 0 Å². The van der Waals surface area contributed by atoms with E-state index < -0.39 is 0 Å². The molecule has 0 fully saturated rings. The molecule has 7 heavy (non-hydrogen) atoms. The number of rotatable bonds is 0. The van der Waals surface area contributed by atoms with Gasteiger partial charge in [0.1, 0.15) is 0 Å². The van der Waals surface area contributed by atoms with Crippen molar-refractivity contribution >= 4 is 0 Å². The van der Waals surface area contributed by atoms with Crippen LogP contribution in [0.2, 0.25) is 0 Å². The van der Waals surface area contributed by atoms with E-state index in [1.54, 1.807) is 12.4 Å².